The Labute approximate surface area is 228 Å². The molecule has 0 aliphatic carbocycles. The number of nitrogens with zero attached hydrogens (tertiary/aromatic N) is 1. The number of ketones is 1. The summed E-state index contributed by atoms with van der Waals surface area (Å²) in [6.07, 6.45) is 0.292. The minimum absolute atomic E-state index is 0.0928. The van der Waals surface area contributed by atoms with Crippen molar-refractivity contribution in [2.45, 2.75) is 59.2 Å². The van der Waals surface area contributed by atoms with Crippen molar-refractivity contribution in [2.24, 2.45) is 17.8 Å². The maximum absolute atomic E-state index is 13.5. The maximum Gasteiger partial charge on any atom is 0.309 e. The van der Waals surface area contributed by atoms with E-state index in [1.807, 2.05) is 0 Å². The summed E-state index contributed by atoms with van der Waals surface area (Å²) in [6.45, 7) is 6.93. The van der Waals surface area contributed by atoms with Crippen LogP contribution in [0.15, 0.2) is 36.5 Å². The van der Waals surface area contributed by atoms with Crippen LogP contribution in [-0.2, 0) is 30.2 Å². The molecule has 0 aliphatic rings. The number of halogens is 1. The fourth-order valence-electron chi connectivity index (χ4n) is 4.05. The van der Waals surface area contributed by atoms with Crippen molar-refractivity contribution in [3.8, 4) is 11.5 Å². The fraction of sp³-hybridized carbons (Fsp3) is 0.517. The molecular weight excluding hydrogens is 509 g/mol. The number of ether oxygens (including phenoxy) is 4. The molecule has 9 nitrogen and oxygen atoms in total. The Morgan fingerprint density at radius 3 is 2.23 bits per heavy atom. The maximum atomic E-state index is 13.5. The Kier molecular flexibility index (Phi) is 12.3. The van der Waals surface area contributed by atoms with Gasteiger partial charge in [-0.05, 0) is 37.5 Å². The topological polar surface area (TPSA) is 121 Å². The summed E-state index contributed by atoms with van der Waals surface area (Å²) in [5.74, 6) is -3.94. The minimum atomic E-state index is -0.872. The molecule has 0 radical (unpaired) electrons. The third-order valence-electron chi connectivity index (χ3n) is 6.32. The van der Waals surface area contributed by atoms with Crippen molar-refractivity contribution in [3.63, 3.8) is 0 Å². The van der Waals surface area contributed by atoms with E-state index in [0.717, 1.165) is 5.56 Å². The number of hydrogen-bond donors (Lipinski definition) is 1. The normalized spacial score (nSPS) is 14.3. The van der Waals surface area contributed by atoms with Crippen LogP contribution in [0.3, 0.4) is 0 Å². The first-order valence-electron chi connectivity index (χ1n) is 12.9. The predicted molar refractivity (Wildman–Crippen MR) is 141 cm³/mol. The van der Waals surface area contributed by atoms with Crippen LogP contribution in [0.2, 0.25) is 0 Å². The molecule has 39 heavy (non-hydrogen) atoms. The zero-order valence-corrected chi connectivity index (χ0v) is 23.3. The van der Waals surface area contributed by atoms with Crippen LogP contribution in [0.4, 0.5) is 4.39 Å². The molecule has 0 saturated carbocycles. The van der Waals surface area contributed by atoms with Gasteiger partial charge in [0.25, 0.3) is 0 Å². The molecule has 4 atom stereocenters. The first kappa shape index (κ1) is 31.7. The highest BCUT2D eigenvalue weighted by atomic mass is 19.1. The molecule has 214 valence electrons. The second kappa shape index (κ2) is 15.2. The molecule has 2 aromatic rings. The molecule has 0 aliphatic heterocycles. The second-order valence-electron chi connectivity index (χ2n) is 9.81. The van der Waals surface area contributed by atoms with Crippen molar-refractivity contribution in [2.75, 3.05) is 20.8 Å². The van der Waals surface area contributed by atoms with E-state index < -0.39 is 47.5 Å². The second-order valence-corrected chi connectivity index (χ2v) is 9.81. The number of benzene rings is 1. The van der Waals surface area contributed by atoms with E-state index in [4.69, 9.17) is 18.9 Å². The first-order chi connectivity index (χ1) is 18.5. The van der Waals surface area contributed by atoms with Gasteiger partial charge in [0.2, 0.25) is 0 Å². The van der Waals surface area contributed by atoms with Crippen molar-refractivity contribution < 1.29 is 42.8 Å². The van der Waals surface area contributed by atoms with Gasteiger partial charge in [0, 0.05) is 38.3 Å². The van der Waals surface area contributed by atoms with Gasteiger partial charge in [-0.25, -0.2) is 9.37 Å². The van der Waals surface area contributed by atoms with Crippen LogP contribution < -0.4 is 4.74 Å². The van der Waals surface area contributed by atoms with Crippen LogP contribution in [0, 0.1) is 23.6 Å². The van der Waals surface area contributed by atoms with Gasteiger partial charge in [-0.15, -0.1) is 0 Å². The monoisotopic (exact) mass is 547 g/mol. The third-order valence-corrected chi connectivity index (χ3v) is 6.32. The van der Waals surface area contributed by atoms with E-state index in [2.05, 4.69) is 4.98 Å². The Bertz CT molecular complexity index is 1100. The Morgan fingerprint density at radius 1 is 0.974 bits per heavy atom. The van der Waals surface area contributed by atoms with Crippen molar-refractivity contribution >= 4 is 17.7 Å². The molecule has 0 bridgehead atoms. The van der Waals surface area contributed by atoms with Gasteiger partial charge in [-0.1, -0.05) is 32.9 Å². The molecule has 1 heterocycles. The average molecular weight is 548 g/mol. The van der Waals surface area contributed by atoms with E-state index in [1.165, 1.54) is 38.4 Å². The number of rotatable bonds is 15. The van der Waals surface area contributed by atoms with Crippen LogP contribution >= 0.6 is 0 Å². The van der Waals surface area contributed by atoms with Gasteiger partial charge in [-0.3, -0.25) is 14.4 Å². The largest absolute Gasteiger partial charge is 0.503 e. The molecule has 1 N–H and O–H groups in total. The molecule has 0 amide bonds. The average Bonchev–Trinajstić information content (AvgIpc) is 2.90. The number of carbonyl (C=O) groups is 3. The predicted octanol–water partition coefficient (Wildman–Crippen LogP) is 4.54. The molecule has 10 heteroatoms. The highest BCUT2D eigenvalue weighted by Crippen LogP contribution is 2.30. The number of hydrogen-bond acceptors (Lipinski definition) is 9. The summed E-state index contributed by atoms with van der Waals surface area (Å²) in [5.41, 5.74) is 0.621. The lowest BCUT2D eigenvalue weighted by Gasteiger charge is -2.32. The summed E-state index contributed by atoms with van der Waals surface area (Å²) in [6, 6.07) is 7.44. The lowest BCUT2D eigenvalue weighted by molar-refractivity contribution is -0.176. The van der Waals surface area contributed by atoms with E-state index in [1.54, 1.807) is 40.0 Å². The smallest absolute Gasteiger partial charge is 0.309 e. The number of pyridine rings is 1. The van der Waals surface area contributed by atoms with Crippen molar-refractivity contribution in [1.82, 2.24) is 4.98 Å². The van der Waals surface area contributed by atoms with Gasteiger partial charge in [0.05, 0.1) is 18.9 Å². The molecule has 1 aromatic carbocycles. The number of carbonyl (C=O) groups excluding carboxylic acids is 3. The Balaban J connectivity index is 2.21. The lowest BCUT2D eigenvalue weighted by Crippen LogP contribution is -2.42. The number of aromatic hydroxyl groups is 1. The minimum Gasteiger partial charge on any atom is -0.503 e. The van der Waals surface area contributed by atoms with Crippen molar-refractivity contribution in [1.29, 1.82) is 0 Å². The van der Waals surface area contributed by atoms with E-state index in [9.17, 15) is 23.9 Å². The number of esters is 2. The van der Waals surface area contributed by atoms with Crippen molar-refractivity contribution in [3.05, 3.63) is 53.6 Å². The molecule has 2 rings (SSSR count). The van der Waals surface area contributed by atoms with Crippen LogP contribution in [0.5, 0.6) is 11.5 Å². The van der Waals surface area contributed by atoms with Gasteiger partial charge < -0.3 is 24.1 Å². The van der Waals surface area contributed by atoms with E-state index >= 15 is 0 Å². The number of aromatic nitrogens is 1. The summed E-state index contributed by atoms with van der Waals surface area (Å²) < 4.78 is 35.3. The third kappa shape index (κ3) is 9.31. The van der Waals surface area contributed by atoms with E-state index in [0.29, 0.717) is 19.4 Å². The van der Waals surface area contributed by atoms with Crippen LogP contribution in [-0.4, -0.2) is 60.8 Å². The molecule has 0 spiro atoms. The quantitative estimate of drug-likeness (QED) is 0.253. The first-order valence-corrected chi connectivity index (χ1v) is 12.9. The zero-order valence-electron chi connectivity index (χ0n) is 23.3. The summed E-state index contributed by atoms with van der Waals surface area (Å²) in [7, 11) is 2.91. The Hall–Kier alpha value is -3.53. The number of Topliss-reactive ketones (excluding diaryl/α,β-unsaturated/α-hetero) is 1. The van der Waals surface area contributed by atoms with Crippen LogP contribution in [0.1, 0.15) is 56.6 Å². The summed E-state index contributed by atoms with van der Waals surface area (Å²) in [4.78, 5) is 42.3. The molecule has 0 fully saturated rings. The summed E-state index contributed by atoms with van der Waals surface area (Å²) in [5, 5.41) is 10.2. The SMILES string of the molecule is COCC[C@H](Cc1ccc(F)cc1)[C@@H](OC(=O)C(C)C)[C@H](C)OC(=O)[C@H](C)CC(=O)c1nccc(OC)c1O. The Morgan fingerprint density at radius 2 is 1.64 bits per heavy atom. The zero-order chi connectivity index (χ0) is 29.1. The van der Waals surface area contributed by atoms with Gasteiger partial charge in [0.1, 0.15) is 18.0 Å². The molecule has 1 aromatic heterocycles. The highest BCUT2D eigenvalue weighted by molar-refractivity contribution is 5.99. The van der Waals surface area contributed by atoms with E-state index in [-0.39, 0.29) is 29.6 Å². The van der Waals surface area contributed by atoms with Gasteiger partial charge in [0.15, 0.2) is 23.0 Å². The number of methoxy groups -OCH3 is 2. The van der Waals surface area contributed by atoms with Crippen LogP contribution in [0.25, 0.3) is 0 Å². The molecule has 0 unspecified atom stereocenters. The highest BCUT2D eigenvalue weighted by Gasteiger charge is 2.35. The summed E-state index contributed by atoms with van der Waals surface area (Å²) >= 11 is 0. The lowest BCUT2D eigenvalue weighted by atomic mass is 9.88. The standard InChI is InChI=1S/C29H38FNO8/c1-17(2)28(34)39-27(21(12-14-36-5)16-20-7-9-22(30)10-8-20)19(4)38-29(35)18(3)15-23(32)25-26(33)24(37-6)11-13-31-25/h7-11,13,17-19,21,27,33H,12,14-16H2,1-6H3/t18-,19+,21-,27+/m1/s1. The molecule has 0 saturated heterocycles. The molecular formula is C29H38FNO8. The van der Waals surface area contributed by atoms with Gasteiger partial charge >= 0.3 is 11.9 Å². The van der Waals surface area contributed by atoms with Gasteiger partial charge in [-0.2, -0.15) is 0 Å². The fourth-order valence-corrected chi connectivity index (χ4v) is 4.05.